The number of aliphatic hydroxyl groups excluding tert-OH is 1. The standard InChI is InChI=1S/C7H14O3S/c1-6(2)4-7(8)5-11(3,9)10/h4,7-8H,5H2,1-3H3. The summed E-state index contributed by atoms with van der Waals surface area (Å²) in [6.07, 6.45) is 1.77. The van der Waals surface area contributed by atoms with Gasteiger partial charge in [-0.2, -0.15) is 0 Å². The first-order valence-electron chi connectivity index (χ1n) is 3.32. The molecule has 1 unspecified atom stereocenters. The van der Waals surface area contributed by atoms with E-state index in [0.717, 1.165) is 11.8 Å². The first kappa shape index (κ1) is 10.7. The first-order chi connectivity index (χ1) is 4.81. The van der Waals surface area contributed by atoms with Crippen molar-refractivity contribution in [1.29, 1.82) is 0 Å². The average Bonchev–Trinajstić information content (AvgIpc) is 1.53. The quantitative estimate of drug-likeness (QED) is 0.635. The maximum Gasteiger partial charge on any atom is 0.150 e. The highest BCUT2D eigenvalue weighted by atomic mass is 32.2. The van der Waals surface area contributed by atoms with Gasteiger partial charge in [-0.1, -0.05) is 11.6 Å². The molecule has 0 aromatic carbocycles. The van der Waals surface area contributed by atoms with Gasteiger partial charge < -0.3 is 5.11 Å². The molecule has 66 valence electrons. The van der Waals surface area contributed by atoms with E-state index in [1.807, 2.05) is 13.8 Å². The van der Waals surface area contributed by atoms with Crippen molar-refractivity contribution in [2.75, 3.05) is 12.0 Å². The fraction of sp³-hybridized carbons (Fsp3) is 0.714. The molecule has 0 saturated heterocycles. The Balaban J connectivity index is 4.11. The van der Waals surface area contributed by atoms with E-state index in [-0.39, 0.29) is 5.75 Å². The summed E-state index contributed by atoms with van der Waals surface area (Å²) < 4.78 is 21.3. The molecule has 11 heavy (non-hydrogen) atoms. The minimum atomic E-state index is -3.06. The summed E-state index contributed by atoms with van der Waals surface area (Å²) in [5.74, 6) is -0.196. The van der Waals surface area contributed by atoms with Gasteiger partial charge in [0.15, 0.2) is 0 Å². The normalized spacial score (nSPS) is 14.2. The number of sulfone groups is 1. The van der Waals surface area contributed by atoms with Crippen molar-refractivity contribution in [3.8, 4) is 0 Å². The molecule has 0 fully saturated rings. The highest BCUT2D eigenvalue weighted by molar-refractivity contribution is 7.90. The molecular weight excluding hydrogens is 164 g/mol. The molecule has 1 N–H and O–H groups in total. The van der Waals surface area contributed by atoms with Crippen molar-refractivity contribution < 1.29 is 13.5 Å². The third-order valence-electron chi connectivity index (χ3n) is 0.999. The van der Waals surface area contributed by atoms with Crippen LogP contribution in [0, 0.1) is 0 Å². The van der Waals surface area contributed by atoms with Crippen LogP contribution in [0.25, 0.3) is 0 Å². The topological polar surface area (TPSA) is 54.4 Å². The summed E-state index contributed by atoms with van der Waals surface area (Å²) in [6.45, 7) is 3.62. The van der Waals surface area contributed by atoms with Gasteiger partial charge in [-0.15, -0.1) is 0 Å². The largest absolute Gasteiger partial charge is 0.388 e. The lowest BCUT2D eigenvalue weighted by Gasteiger charge is -2.03. The monoisotopic (exact) mass is 178 g/mol. The molecule has 0 aliphatic rings. The number of hydrogen-bond donors (Lipinski definition) is 1. The fourth-order valence-corrected chi connectivity index (χ4v) is 1.46. The molecule has 0 radical (unpaired) electrons. The number of allylic oxidation sites excluding steroid dienone is 1. The second kappa shape index (κ2) is 3.88. The van der Waals surface area contributed by atoms with Crippen molar-refractivity contribution in [3.05, 3.63) is 11.6 Å². The third-order valence-corrected chi connectivity index (χ3v) is 1.95. The Kier molecular flexibility index (Phi) is 3.75. The molecule has 1 atom stereocenters. The molecule has 0 heterocycles. The Morgan fingerprint density at radius 1 is 1.55 bits per heavy atom. The summed E-state index contributed by atoms with van der Waals surface area (Å²) in [5.41, 5.74) is 0.918. The van der Waals surface area contributed by atoms with Crippen LogP contribution in [0.2, 0.25) is 0 Å². The summed E-state index contributed by atoms with van der Waals surface area (Å²) in [6, 6.07) is 0. The highest BCUT2D eigenvalue weighted by Crippen LogP contribution is 1.97. The lowest BCUT2D eigenvalue weighted by Crippen LogP contribution is -2.17. The zero-order valence-corrected chi connectivity index (χ0v) is 7.85. The predicted molar refractivity (Wildman–Crippen MR) is 45.1 cm³/mol. The van der Waals surface area contributed by atoms with Gasteiger partial charge in [0.05, 0.1) is 11.9 Å². The van der Waals surface area contributed by atoms with Crippen LogP contribution in [0.1, 0.15) is 13.8 Å². The SMILES string of the molecule is CC(C)=CC(O)CS(C)(=O)=O. The fourth-order valence-electron chi connectivity index (χ4n) is 0.743. The second-order valence-corrected chi connectivity index (χ2v) is 5.09. The van der Waals surface area contributed by atoms with Gasteiger partial charge in [0.25, 0.3) is 0 Å². The lowest BCUT2D eigenvalue weighted by atomic mass is 10.2. The summed E-state index contributed by atoms with van der Waals surface area (Å²) in [7, 11) is -3.06. The zero-order valence-electron chi connectivity index (χ0n) is 7.03. The van der Waals surface area contributed by atoms with Gasteiger partial charge in [0, 0.05) is 6.26 Å². The number of hydrogen-bond acceptors (Lipinski definition) is 3. The van der Waals surface area contributed by atoms with E-state index in [4.69, 9.17) is 5.11 Å². The Hall–Kier alpha value is -0.350. The van der Waals surface area contributed by atoms with Crippen molar-refractivity contribution in [2.24, 2.45) is 0 Å². The van der Waals surface area contributed by atoms with E-state index in [2.05, 4.69) is 0 Å². The van der Waals surface area contributed by atoms with Crippen LogP contribution in [-0.4, -0.2) is 31.6 Å². The van der Waals surface area contributed by atoms with Crippen LogP contribution in [0.4, 0.5) is 0 Å². The molecule has 0 aromatic heterocycles. The van der Waals surface area contributed by atoms with E-state index < -0.39 is 15.9 Å². The van der Waals surface area contributed by atoms with Gasteiger partial charge in [0.2, 0.25) is 0 Å². The average molecular weight is 178 g/mol. The lowest BCUT2D eigenvalue weighted by molar-refractivity contribution is 0.245. The van der Waals surface area contributed by atoms with Gasteiger partial charge >= 0.3 is 0 Å². The molecule has 0 saturated carbocycles. The molecule has 0 spiro atoms. The molecule has 0 aromatic rings. The van der Waals surface area contributed by atoms with E-state index in [1.165, 1.54) is 6.08 Å². The third kappa shape index (κ3) is 7.55. The van der Waals surface area contributed by atoms with Crippen molar-refractivity contribution in [2.45, 2.75) is 20.0 Å². The summed E-state index contributed by atoms with van der Waals surface area (Å²) in [5, 5.41) is 9.10. The molecular formula is C7H14O3S. The van der Waals surface area contributed by atoms with Crippen molar-refractivity contribution in [1.82, 2.24) is 0 Å². The van der Waals surface area contributed by atoms with Crippen LogP contribution >= 0.6 is 0 Å². The van der Waals surface area contributed by atoms with Gasteiger partial charge in [-0.3, -0.25) is 0 Å². The van der Waals surface area contributed by atoms with E-state index >= 15 is 0 Å². The summed E-state index contributed by atoms with van der Waals surface area (Å²) in [4.78, 5) is 0. The van der Waals surface area contributed by atoms with E-state index in [9.17, 15) is 8.42 Å². The van der Waals surface area contributed by atoms with Crippen LogP contribution in [0.3, 0.4) is 0 Å². The molecule has 0 aliphatic carbocycles. The molecule has 0 rings (SSSR count). The van der Waals surface area contributed by atoms with E-state index in [1.54, 1.807) is 0 Å². The minimum absolute atomic E-state index is 0.196. The van der Waals surface area contributed by atoms with Gasteiger partial charge in [0.1, 0.15) is 9.84 Å². The predicted octanol–water partition coefficient (Wildman–Crippen LogP) is 0.358. The molecule has 3 nitrogen and oxygen atoms in total. The van der Waals surface area contributed by atoms with Gasteiger partial charge in [-0.25, -0.2) is 8.42 Å². The Morgan fingerprint density at radius 2 is 2.00 bits per heavy atom. The maximum absolute atomic E-state index is 10.6. The Bertz CT molecular complexity index is 234. The van der Waals surface area contributed by atoms with Crippen molar-refractivity contribution in [3.63, 3.8) is 0 Å². The number of rotatable bonds is 3. The molecule has 4 heteroatoms. The smallest absolute Gasteiger partial charge is 0.150 e. The van der Waals surface area contributed by atoms with Crippen LogP contribution in [0.15, 0.2) is 11.6 Å². The summed E-state index contributed by atoms with van der Waals surface area (Å²) >= 11 is 0. The Labute approximate surface area is 67.7 Å². The molecule has 0 bridgehead atoms. The van der Waals surface area contributed by atoms with Gasteiger partial charge in [-0.05, 0) is 13.8 Å². The van der Waals surface area contributed by atoms with Crippen molar-refractivity contribution >= 4 is 9.84 Å². The maximum atomic E-state index is 10.6. The van der Waals surface area contributed by atoms with Crippen LogP contribution in [-0.2, 0) is 9.84 Å². The molecule has 0 amide bonds. The van der Waals surface area contributed by atoms with Crippen LogP contribution < -0.4 is 0 Å². The highest BCUT2D eigenvalue weighted by Gasteiger charge is 2.08. The minimum Gasteiger partial charge on any atom is -0.388 e. The number of aliphatic hydroxyl groups is 1. The van der Waals surface area contributed by atoms with Crippen LogP contribution in [0.5, 0.6) is 0 Å². The zero-order chi connectivity index (χ0) is 9.07. The Morgan fingerprint density at radius 3 is 2.27 bits per heavy atom. The second-order valence-electron chi connectivity index (χ2n) is 2.90. The van der Waals surface area contributed by atoms with E-state index in [0.29, 0.717) is 0 Å². The molecule has 0 aliphatic heterocycles. The first-order valence-corrected chi connectivity index (χ1v) is 5.38.